The van der Waals surface area contributed by atoms with Crippen LogP contribution < -0.4 is 9.62 Å². The van der Waals surface area contributed by atoms with Gasteiger partial charge in [-0.3, -0.25) is 18.7 Å². The van der Waals surface area contributed by atoms with Crippen molar-refractivity contribution in [2.24, 2.45) is 0 Å². The SMILES string of the molecule is CC(=O)c1cccc(N(CC(=O)N(Cc2ccccc2Cl)[C@@H](C)C(=O)NC(C)C)S(C)(=O)=O)c1. The number of Topliss-reactive ketones (excluding diaryl/α,β-unsaturated/α-hetero) is 1. The molecule has 0 heterocycles. The number of hydrogen-bond acceptors (Lipinski definition) is 5. The summed E-state index contributed by atoms with van der Waals surface area (Å²) in [6.45, 7) is 6.01. The Morgan fingerprint density at radius 1 is 1.03 bits per heavy atom. The first kappa shape index (κ1) is 27.3. The quantitative estimate of drug-likeness (QED) is 0.497. The van der Waals surface area contributed by atoms with Gasteiger partial charge in [0.2, 0.25) is 21.8 Å². The third-order valence-corrected chi connectivity index (χ3v) is 6.63. The molecular weight excluding hydrogens is 478 g/mol. The van der Waals surface area contributed by atoms with Crippen LogP contribution in [0.4, 0.5) is 5.69 Å². The molecule has 1 atom stereocenters. The normalized spacial score (nSPS) is 12.2. The van der Waals surface area contributed by atoms with Crippen LogP contribution >= 0.6 is 11.6 Å². The Morgan fingerprint density at radius 3 is 2.24 bits per heavy atom. The zero-order valence-electron chi connectivity index (χ0n) is 19.9. The van der Waals surface area contributed by atoms with Crippen LogP contribution in [-0.4, -0.2) is 55.8 Å². The lowest BCUT2D eigenvalue weighted by Crippen LogP contribution is -2.52. The molecule has 0 unspecified atom stereocenters. The van der Waals surface area contributed by atoms with Crippen LogP contribution in [0.25, 0.3) is 0 Å². The summed E-state index contributed by atoms with van der Waals surface area (Å²) in [7, 11) is -3.89. The summed E-state index contributed by atoms with van der Waals surface area (Å²) in [5, 5.41) is 3.20. The monoisotopic (exact) mass is 507 g/mol. The van der Waals surface area contributed by atoms with Gasteiger partial charge < -0.3 is 10.2 Å². The second-order valence-corrected chi connectivity index (χ2v) is 10.6. The first-order chi connectivity index (χ1) is 15.8. The molecule has 8 nitrogen and oxygen atoms in total. The summed E-state index contributed by atoms with van der Waals surface area (Å²) in [6, 6.07) is 11.9. The third-order valence-electron chi connectivity index (χ3n) is 5.12. The molecule has 0 fully saturated rings. The predicted octanol–water partition coefficient (Wildman–Crippen LogP) is 3.25. The van der Waals surface area contributed by atoms with Gasteiger partial charge in [0, 0.05) is 23.2 Å². The van der Waals surface area contributed by atoms with Crippen molar-refractivity contribution in [3.8, 4) is 0 Å². The van der Waals surface area contributed by atoms with Crippen molar-refractivity contribution in [1.82, 2.24) is 10.2 Å². The molecule has 0 saturated heterocycles. The topological polar surface area (TPSA) is 104 Å². The van der Waals surface area contributed by atoms with Crippen molar-refractivity contribution < 1.29 is 22.8 Å². The Morgan fingerprint density at radius 2 is 1.68 bits per heavy atom. The largest absolute Gasteiger partial charge is 0.352 e. The summed E-state index contributed by atoms with van der Waals surface area (Å²) in [5.74, 6) is -1.20. The zero-order valence-corrected chi connectivity index (χ0v) is 21.5. The minimum atomic E-state index is -3.89. The minimum Gasteiger partial charge on any atom is -0.352 e. The van der Waals surface area contributed by atoms with Gasteiger partial charge in [0.15, 0.2) is 5.78 Å². The van der Waals surface area contributed by atoms with Crippen molar-refractivity contribution in [3.63, 3.8) is 0 Å². The van der Waals surface area contributed by atoms with Gasteiger partial charge in [-0.15, -0.1) is 0 Å². The van der Waals surface area contributed by atoms with Crippen LogP contribution in [0, 0.1) is 0 Å². The second kappa shape index (κ2) is 11.5. The van der Waals surface area contributed by atoms with Crippen LogP contribution in [0.15, 0.2) is 48.5 Å². The van der Waals surface area contributed by atoms with Gasteiger partial charge in [0.1, 0.15) is 12.6 Å². The average molecular weight is 508 g/mol. The van der Waals surface area contributed by atoms with E-state index in [-0.39, 0.29) is 30.0 Å². The molecule has 0 spiro atoms. The summed E-state index contributed by atoms with van der Waals surface area (Å²) in [6.07, 6.45) is 0.980. The Bertz CT molecular complexity index is 1170. The van der Waals surface area contributed by atoms with Gasteiger partial charge in [-0.1, -0.05) is 41.9 Å². The second-order valence-electron chi connectivity index (χ2n) is 8.33. The van der Waals surface area contributed by atoms with Gasteiger partial charge in [-0.2, -0.15) is 0 Å². The van der Waals surface area contributed by atoms with E-state index < -0.39 is 28.5 Å². The maximum atomic E-state index is 13.5. The van der Waals surface area contributed by atoms with E-state index >= 15 is 0 Å². The van der Waals surface area contributed by atoms with Crippen LogP contribution in [-0.2, 0) is 26.2 Å². The average Bonchev–Trinajstić information content (AvgIpc) is 2.75. The molecule has 2 aromatic carbocycles. The Hall–Kier alpha value is -2.91. The first-order valence-electron chi connectivity index (χ1n) is 10.7. The summed E-state index contributed by atoms with van der Waals surface area (Å²) >= 11 is 6.29. The van der Waals surface area contributed by atoms with Gasteiger partial charge in [0.05, 0.1) is 11.9 Å². The lowest BCUT2D eigenvalue weighted by atomic mass is 10.1. The molecular formula is C24H30ClN3O5S. The van der Waals surface area contributed by atoms with Crippen LogP contribution in [0.5, 0.6) is 0 Å². The molecule has 34 heavy (non-hydrogen) atoms. The molecule has 0 aliphatic rings. The lowest BCUT2D eigenvalue weighted by Gasteiger charge is -2.32. The number of anilines is 1. The number of ketones is 1. The number of hydrogen-bond donors (Lipinski definition) is 1. The highest BCUT2D eigenvalue weighted by molar-refractivity contribution is 7.92. The van der Waals surface area contributed by atoms with Crippen LogP contribution in [0.2, 0.25) is 5.02 Å². The van der Waals surface area contributed by atoms with E-state index in [1.165, 1.54) is 24.0 Å². The minimum absolute atomic E-state index is 0.0102. The molecule has 0 aromatic heterocycles. The molecule has 2 aromatic rings. The molecule has 2 rings (SSSR count). The van der Waals surface area contributed by atoms with E-state index in [2.05, 4.69) is 5.32 Å². The molecule has 2 amide bonds. The summed E-state index contributed by atoms with van der Waals surface area (Å²) < 4.78 is 26.1. The number of amides is 2. The van der Waals surface area contributed by atoms with E-state index in [1.54, 1.807) is 57.2 Å². The Balaban J connectivity index is 2.44. The molecule has 0 aliphatic heterocycles. The van der Waals surface area contributed by atoms with Gasteiger partial charge >= 0.3 is 0 Å². The number of halogens is 1. The molecule has 1 N–H and O–H groups in total. The number of sulfonamides is 1. The molecule has 10 heteroatoms. The highest BCUT2D eigenvalue weighted by atomic mass is 35.5. The van der Waals surface area contributed by atoms with E-state index in [9.17, 15) is 22.8 Å². The highest BCUT2D eigenvalue weighted by Gasteiger charge is 2.30. The first-order valence-corrected chi connectivity index (χ1v) is 13.0. The fourth-order valence-corrected chi connectivity index (χ4v) is 4.33. The summed E-state index contributed by atoms with van der Waals surface area (Å²) in [5.41, 5.74) is 1.11. The van der Waals surface area contributed by atoms with E-state index in [4.69, 9.17) is 11.6 Å². The van der Waals surface area contributed by atoms with Crippen LogP contribution in [0.1, 0.15) is 43.6 Å². The maximum Gasteiger partial charge on any atom is 0.244 e. The van der Waals surface area contributed by atoms with Crippen molar-refractivity contribution in [1.29, 1.82) is 0 Å². The van der Waals surface area contributed by atoms with E-state index in [0.29, 0.717) is 16.1 Å². The predicted molar refractivity (Wildman–Crippen MR) is 133 cm³/mol. The van der Waals surface area contributed by atoms with Crippen molar-refractivity contribution >= 4 is 44.9 Å². The fraction of sp³-hybridized carbons (Fsp3) is 0.375. The number of benzene rings is 2. The van der Waals surface area contributed by atoms with Gasteiger partial charge in [0.25, 0.3) is 0 Å². The number of nitrogens with zero attached hydrogens (tertiary/aromatic N) is 2. The van der Waals surface area contributed by atoms with E-state index in [1.807, 2.05) is 0 Å². The summed E-state index contributed by atoms with van der Waals surface area (Å²) in [4.78, 5) is 39.3. The molecule has 0 aliphatic carbocycles. The van der Waals surface area contributed by atoms with Crippen molar-refractivity contribution in [3.05, 3.63) is 64.7 Å². The number of rotatable bonds is 10. The number of carbonyl (C=O) groups excluding carboxylic acids is 3. The molecule has 184 valence electrons. The highest BCUT2D eigenvalue weighted by Crippen LogP contribution is 2.22. The number of nitrogens with one attached hydrogen (secondary N) is 1. The lowest BCUT2D eigenvalue weighted by molar-refractivity contribution is -0.139. The molecule has 0 bridgehead atoms. The molecule has 0 radical (unpaired) electrons. The standard InChI is InChI=1S/C24H30ClN3O5S/c1-16(2)26-24(31)17(3)27(14-20-9-6-7-12-22(20)25)23(30)15-28(34(5,32)33)21-11-8-10-19(13-21)18(4)29/h6-13,16-17H,14-15H2,1-5H3,(H,26,31)/t17-/m0/s1. The molecule has 0 saturated carbocycles. The van der Waals surface area contributed by atoms with Crippen molar-refractivity contribution in [2.75, 3.05) is 17.1 Å². The smallest absolute Gasteiger partial charge is 0.244 e. The van der Waals surface area contributed by atoms with Gasteiger partial charge in [-0.25, -0.2) is 8.42 Å². The maximum absolute atomic E-state index is 13.5. The van der Waals surface area contributed by atoms with Crippen LogP contribution in [0.3, 0.4) is 0 Å². The Kier molecular flexibility index (Phi) is 9.23. The number of carbonyl (C=O) groups is 3. The fourth-order valence-electron chi connectivity index (χ4n) is 3.29. The Labute approximate surface area is 205 Å². The van der Waals surface area contributed by atoms with Crippen molar-refractivity contribution in [2.45, 2.75) is 46.3 Å². The zero-order chi connectivity index (χ0) is 25.6. The third kappa shape index (κ3) is 7.30. The van der Waals surface area contributed by atoms with E-state index in [0.717, 1.165) is 10.6 Å². The van der Waals surface area contributed by atoms with Gasteiger partial charge in [-0.05, 0) is 51.5 Å².